The lowest BCUT2D eigenvalue weighted by atomic mass is 10.1. The van der Waals surface area contributed by atoms with Crippen molar-refractivity contribution >= 4 is 21.9 Å². The van der Waals surface area contributed by atoms with E-state index in [1.807, 2.05) is 0 Å². The zero-order chi connectivity index (χ0) is 10.0. The Morgan fingerprint density at radius 1 is 1.46 bits per heavy atom. The van der Waals surface area contributed by atoms with Gasteiger partial charge in [-0.2, -0.15) is 0 Å². The van der Waals surface area contributed by atoms with Gasteiger partial charge < -0.3 is 5.11 Å². The van der Waals surface area contributed by atoms with Gasteiger partial charge in [-0.1, -0.05) is 15.9 Å². The zero-order valence-corrected chi connectivity index (χ0v) is 7.94. The number of hydrogen-bond acceptors (Lipinski definition) is 1. The molecule has 1 N–H and O–H groups in total. The molecular weight excluding hydrogens is 246 g/mol. The molecule has 1 aromatic rings. The van der Waals surface area contributed by atoms with E-state index in [9.17, 15) is 13.6 Å². The van der Waals surface area contributed by atoms with Crippen molar-refractivity contribution in [2.75, 3.05) is 0 Å². The van der Waals surface area contributed by atoms with Crippen LogP contribution >= 0.6 is 15.9 Å². The molecule has 70 valence electrons. The van der Waals surface area contributed by atoms with Crippen LogP contribution in [0.2, 0.25) is 0 Å². The summed E-state index contributed by atoms with van der Waals surface area (Å²) in [7, 11) is 0. The number of carboxylic acid groups (broad SMARTS) is 1. The molecule has 13 heavy (non-hydrogen) atoms. The van der Waals surface area contributed by atoms with Crippen molar-refractivity contribution in [3.05, 3.63) is 34.9 Å². The van der Waals surface area contributed by atoms with Crippen LogP contribution in [0.4, 0.5) is 8.78 Å². The third-order valence-corrected chi connectivity index (χ3v) is 2.09. The van der Waals surface area contributed by atoms with E-state index in [0.717, 1.165) is 6.07 Å². The zero-order valence-electron chi connectivity index (χ0n) is 6.35. The molecule has 0 aliphatic heterocycles. The summed E-state index contributed by atoms with van der Waals surface area (Å²) < 4.78 is 25.8. The molecule has 0 heterocycles. The summed E-state index contributed by atoms with van der Waals surface area (Å²) in [6.45, 7) is 0. The first-order valence-corrected chi connectivity index (χ1v) is 4.45. The summed E-state index contributed by atoms with van der Waals surface area (Å²) in [4.78, 5) is 10.4. The Labute approximate surface area is 81.3 Å². The minimum absolute atomic E-state index is 0.00241. The summed E-state index contributed by atoms with van der Waals surface area (Å²) in [5.74, 6) is -3.13. The average molecular weight is 251 g/mol. The second-order valence-electron chi connectivity index (χ2n) is 2.37. The van der Waals surface area contributed by atoms with Crippen LogP contribution in [0.15, 0.2) is 12.1 Å². The number of halogens is 3. The second-order valence-corrected chi connectivity index (χ2v) is 2.93. The minimum Gasteiger partial charge on any atom is -0.478 e. The van der Waals surface area contributed by atoms with Gasteiger partial charge in [0.1, 0.15) is 11.6 Å². The maximum atomic E-state index is 13.1. The van der Waals surface area contributed by atoms with Crippen LogP contribution in [0, 0.1) is 11.6 Å². The molecule has 0 fully saturated rings. The van der Waals surface area contributed by atoms with Crippen LogP contribution < -0.4 is 0 Å². The number of aromatic carboxylic acids is 1. The van der Waals surface area contributed by atoms with Crippen LogP contribution in [0.25, 0.3) is 0 Å². The number of carbonyl (C=O) groups is 1. The van der Waals surface area contributed by atoms with Crippen LogP contribution in [-0.2, 0) is 5.33 Å². The van der Waals surface area contributed by atoms with Gasteiger partial charge in [0.25, 0.3) is 0 Å². The molecular formula is C8H5BrF2O2. The summed E-state index contributed by atoms with van der Waals surface area (Å²) >= 11 is 2.93. The highest BCUT2D eigenvalue weighted by Gasteiger charge is 2.15. The number of alkyl halides is 1. The molecule has 0 aromatic heterocycles. The molecule has 0 bridgehead atoms. The maximum Gasteiger partial charge on any atom is 0.338 e. The lowest BCUT2D eigenvalue weighted by Crippen LogP contribution is -2.04. The van der Waals surface area contributed by atoms with Crippen LogP contribution in [0.3, 0.4) is 0 Å². The Morgan fingerprint density at radius 3 is 2.54 bits per heavy atom. The van der Waals surface area contributed by atoms with Crippen molar-refractivity contribution in [3.63, 3.8) is 0 Å². The standard InChI is InChI=1S/C8H5BrF2O2/c9-3-4-1-5(10)2-6(7(4)11)8(12)13/h1-2H,3H2,(H,12,13). The molecule has 0 atom stereocenters. The molecule has 5 heteroatoms. The smallest absolute Gasteiger partial charge is 0.338 e. The van der Waals surface area contributed by atoms with Crippen molar-refractivity contribution in [1.29, 1.82) is 0 Å². The Kier molecular flexibility index (Phi) is 2.98. The summed E-state index contributed by atoms with van der Waals surface area (Å²) in [6, 6.07) is 1.61. The maximum absolute atomic E-state index is 13.1. The fraction of sp³-hybridized carbons (Fsp3) is 0.125. The predicted molar refractivity (Wildman–Crippen MR) is 45.9 cm³/mol. The van der Waals surface area contributed by atoms with Crippen molar-refractivity contribution in [1.82, 2.24) is 0 Å². The third-order valence-electron chi connectivity index (χ3n) is 1.49. The van der Waals surface area contributed by atoms with Gasteiger partial charge >= 0.3 is 5.97 Å². The largest absolute Gasteiger partial charge is 0.478 e. The van der Waals surface area contributed by atoms with Gasteiger partial charge in [-0.15, -0.1) is 0 Å². The van der Waals surface area contributed by atoms with Crippen LogP contribution in [0.5, 0.6) is 0 Å². The number of rotatable bonds is 2. The highest BCUT2D eigenvalue weighted by molar-refractivity contribution is 9.08. The number of benzene rings is 1. The van der Waals surface area contributed by atoms with E-state index in [0.29, 0.717) is 6.07 Å². The van der Waals surface area contributed by atoms with E-state index in [1.165, 1.54) is 0 Å². The molecule has 0 amide bonds. The van der Waals surface area contributed by atoms with Gasteiger partial charge in [-0.05, 0) is 12.1 Å². The number of hydrogen-bond donors (Lipinski definition) is 1. The summed E-state index contributed by atoms with van der Waals surface area (Å²) in [5.41, 5.74) is -0.646. The molecule has 0 saturated heterocycles. The normalized spacial score (nSPS) is 10.1. The molecule has 0 aliphatic rings. The molecule has 0 unspecified atom stereocenters. The predicted octanol–water partition coefficient (Wildman–Crippen LogP) is 2.56. The number of carboxylic acids is 1. The van der Waals surface area contributed by atoms with E-state index in [4.69, 9.17) is 5.11 Å². The Bertz CT molecular complexity index is 352. The molecule has 0 aliphatic carbocycles. The first-order chi connectivity index (χ1) is 6.06. The summed E-state index contributed by atoms with van der Waals surface area (Å²) in [6.07, 6.45) is 0. The van der Waals surface area contributed by atoms with E-state index in [-0.39, 0.29) is 10.9 Å². The Hall–Kier alpha value is -0.970. The highest BCUT2D eigenvalue weighted by Crippen LogP contribution is 2.17. The topological polar surface area (TPSA) is 37.3 Å². The molecule has 0 saturated carbocycles. The second kappa shape index (κ2) is 3.83. The van der Waals surface area contributed by atoms with Gasteiger partial charge in [0, 0.05) is 10.9 Å². The third kappa shape index (κ3) is 2.03. The van der Waals surface area contributed by atoms with E-state index < -0.39 is 23.2 Å². The first-order valence-electron chi connectivity index (χ1n) is 3.33. The quantitative estimate of drug-likeness (QED) is 0.820. The monoisotopic (exact) mass is 250 g/mol. The van der Waals surface area contributed by atoms with Crippen LogP contribution in [-0.4, -0.2) is 11.1 Å². The van der Waals surface area contributed by atoms with Gasteiger partial charge in [0.05, 0.1) is 5.56 Å². The van der Waals surface area contributed by atoms with E-state index in [1.54, 1.807) is 0 Å². The Morgan fingerprint density at radius 2 is 2.08 bits per heavy atom. The van der Waals surface area contributed by atoms with Crippen molar-refractivity contribution in [3.8, 4) is 0 Å². The molecule has 1 rings (SSSR count). The van der Waals surface area contributed by atoms with Crippen molar-refractivity contribution in [2.24, 2.45) is 0 Å². The molecule has 2 nitrogen and oxygen atoms in total. The lowest BCUT2D eigenvalue weighted by molar-refractivity contribution is 0.0691. The molecule has 0 spiro atoms. The fourth-order valence-electron chi connectivity index (χ4n) is 0.899. The van der Waals surface area contributed by atoms with E-state index >= 15 is 0 Å². The fourth-order valence-corrected chi connectivity index (χ4v) is 1.31. The van der Waals surface area contributed by atoms with E-state index in [2.05, 4.69) is 15.9 Å². The van der Waals surface area contributed by atoms with Gasteiger partial charge in [-0.3, -0.25) is 0 Å². The minimum atomic E-state index is -1.47. The highest BCUT2D eigenvalue weighted by atomic mass is 79.9. The molecule has 1 aromatic carbocycles. The van der Waals surface area contributed by atoms with Gasteiger partial charge in [0.15, 0.2) is 0 Å². The lowest BCUT2D eigenvalue weighted by Gasteiger charge is -2.02. The molecule has 0 radical (unpaired) electrons. The average Bonchev–Trinajstić information content (AvgIpc) is 2.08. The van der Waals surface area contributed by atoms with Gasteiger partial charge in [-0.25, -0.2) is 13.6 Å². The Balaban J connectivity index is 3.35. The SMILES string of the molecule is O=C(O)c1cc(F)cc(CBr)c1F. The first kappa shape index (κ1) is 10.1. The van der Waals surface area contributed by atoms with Crippen molar-refractivity contribution < 1.29 is 18.7 Å². The van der Waals surface area contributed by atoms with Gasteiger partial charge in [0.2, 0.25) is 0 Å². The van der Waals surface area contributed by atoms with Crippen LogP contribution in [0.1, 0.15) is 15.9 Å². The van der Waals surface area contributed by atoms with Crippen molar-refractivity contribution in [2.45, 2.75) is 5.33 Å². The summed E-state index contributed by atoms with van der Waals surface area (Å²) in [5, 5.41) is 8.57.